The van der Waals surface area contributed by atoms with Gasteiger partial charge in [0.05, 0.1) is 16.7 Å². The van der Waals surface area contributed by atoms with E-state index in [-0.39, 0.29) is 29.9 Å². The lowest BCUT2D eigenvalue weighted by Crippen LogP contribution is -2.31. The predicted octanol–water partition coefficient (Wildman–Crippen LogP) is 3.31. The van der Waals surface area contributed by atoms with Crippen molar-refractivity contribution in [2.24, 2.45) is 0 Å². The second kappa shape index (κ2) is 7.74. The van der Waals surface area contributed by atoms with Crippen LogP contribution in [0.2, 0.25) is 0 Å². The minimum atomic E-state index is -0.523. The monoisotopic (exact) mass is 368 g/mol. The summed E-state index contributed by atoms with van der Waals surface area (Å²) < 4.78 is 0. The van der Waals surface area contributed by atoms with Crippen LogP contribution < -0.4 is 10.2 Å². The van der Waals surface area contributed by atoms with Gasteiger partial charge in [-0.25, -0.2) is 4.90 Å². The Labute approximate surface area is 156 Å². The fraction of sp³-hybridized carbons (Fsp3) is 0.250. The highest BCUT2D eigenvalue weighted by Crippen LogP contribution is 2.30. The number of nitrogens with one attached hydrogen (secondary N) is 1. The molecule has 1 atom stereocenters. The molecule has 1 saturated heterocycles. The van der Waals surface area contributed by atoms with Gasteiger partial charge < -0.3 is 5.32 Å². The highest BCUT2D eigenvalue weighted by molar-refractivity contribution is 8.01. The molecule has 5 nitrogen and oxygen atoms in total. The Kier molecular flexibility index (Phi) is 5.42. The molecule has 3 amide bonds. The van der Waals surface area contributed by atoms with Gasteiger partial charge >= 0.3 is 0 Å². The highest BCUT2D eigenvalue weighted by atomic mass is 32.2. The first-order valence-electron chi connectivity index (χ1n) is 8.36. The molecule has 0 aliphatic carbocycles. The quantitative estimate of drug-likeness (QED) is 0.823. The molecule has 0 saturated carbocycles. The summed E-state index contributed by atoms with van der Waals surface area (Å²) in [6.07, 6.45) is 0.120. The SMILES string of the molecule is Cc1ccc(N2C(=O)C[C@H](SCC(=O)Nc3ccccc3)C2=O)cc1C. The van der Waals surface area contributed by atoms with E-state index in [1.807, 2.05) is 44.2 Å². The maximum Gasteiger partial charge on any atom is 0.247 e. The summed E-state index contributed by atoms with van der Waals surface area (Å²) >= 11 is 1.20. The Bertz CT molecular complexity index is 851. The van der Waals surface area contributed by atoms with E-state index in [0.29, 0.717) is 11.4 Å². The van der Waals surface area contributed by atoms with Crippen LogP contribution in [0.4, 0.5) is 11.4 Å². The number of aryl methyl sites for hydroxylation is 2. The van der Waals surface area contributed by atoms with Crippen molar-refractivity contribution in [3.8, 4) is 0 Å². The molecule has 1 fully saturated rings. The molecular weight excluding hydrogens is 348 g/mol. The summed E-state index contributed by atoms with van der Waals surface area (Å²) in [5.41, 5.74) is 3.45. The third kappa shape index (κ3) is 3.96. The fourth-order valence-corrected chi connectivity index (χ4v) is 3.70. The van der Waals surface area contributed by atoms with Crippen molar-refractivity contribution in [1.82, 2.24) is 0 Å². The number of hydrogen-bond acceptors (Lipinski definition) is 4. The van der Waals surface area contributed by atoms with Gasteiger partial charge in [-0.05, 0) is 49.2 Å². The van der Waals surface area contributed by atoms with Gasteiger partial charge in [-0.3, -0.25) is 14.4 Å². The summed E-state index contributed by atoms with van der Waals surface area (Å²) in [5, 5.41) is 2.26. The van der Waals surface area contributed by atoms with Crippen LogP contribution in [0.5, 0.6) is 0 Å². The zero-order chi connectivity index (χ0) is 18.7. The molecule has 0 bridgehead atoms. The van der Waals surface area contributed by atoms with Gasteiger partial charge in [-0.1, -0.05) is 24.3 Å². The van der Waals surface area contributed by atoms with Gasteiger partial charge in [0.1, 0.15) is 0 Å². The van der Waals surface area contributed by atoms with E-state index in [0.717, 1.165) is 11.1 Å². The largest absolute Gasteiger partial charge is 0.325 e. The van der Waals surface area contributed by atoms with Crippen molar-refractivity contribution in [3.63, 3.8) is 0 Å². The zero-order valence-corrected chi connectivity index (χ0v) is 15.5. The normalized spacial score (nSPS) is 16.8. The summed E-state index contributed by atoms with van der Waals surface area (Å²) in [7, 11) is 0. The molecule has 0 spiro atoms. The molecule has 0 radical (unpaired) electrons. The van der Waals surface area contributed by atoms with Crippen molar-refractivity contribution >= 4 is 40.9 Å². The second-order valence-electron chi connectivity index (χ2n) is 6.25. The first kappa shape index (κ1) is 18.2. The molecule has 3 rings (SSSR count). The maximum atomic E-state index is 12.6. The molecular formula is C20H20N2O3S. The van der Waals surface area contributed by atoms with E-state index in [4.69, 9.17) is 0 Å². The molecule has 2 aromatic carbocycles. The number of amides is 3. The molecule has 26 heavy (non-hydrogen) atoms. The van der Waals surface area contributed by atoms with Gasteiger partial charge in [0.25, 0.3) is 0 Å². The van der Waals surface area contributed by atoms with Gasteiger partial charge in [-0.15, -0.1) is 11.8 Å². The van der Waals surface area contributed by atoms with Crippen molar-refractivity contribution in [2.45, 2.75) is 25.5 Å². The molecule has 2 aromatic rings. The number of anilines is 2. The Morgan fingerprint density at radius 1 is 1.12 bits per heavy atom. The van der Waals surface area contributed by atoms with Gasteiger partial charge in [0, 0.05) is 12.1 Å². The number of para-hydroxylation sites is 1. The van der Waals surface area contributed by atoms with Crippen LogP contribution >= 0.6 is 11.8 Å². The summed E-state index contributed by atoms with van der Waals surface area (Å²) in [6, 6.07) is 14.7. The number of benzene rings is 2. The molecule has 1 N–H and O–H groups in total. The van der Waals surface area contributed by atoms with Crippen LogP contribution in [0, 0.1) is 13.8 Å². The first-order valence-corrected chi connectivity index (χ1v) is 9.41. The lowest BCUT2D eigenvalue weighted by atomic mass is 10.1. The molecule has 1 aliphatic rings. The Balaban J connectivity index is 1.61. The predicted molar refractivity (Wildman–Crippen MR) is 104 cm³/mol. The fourth-order valence-electron chi connectivity index (χ4n) is 2.77. The van der Waals surface area contributed by atoms with Gasteiger partial charge in [-0.2, -0.15) is 0 Å². The van der Waals surface area contributed by atoms with Crippen molar-refractivity contribution in [1.29, 1.82) is 0 Å². The van der Waals surface area contributed by atoms with E-state index in [1.165, 1.54) is 16.7 Å². The molecule has 1 aliphatic heterocycles. The van der Waals surface area contributed by atoms with Crippen LogP contribution in [0.3, 0.4) is 0 Å². The summed E-state index contributed by atoms with van der Waals surface area (Å²) in [5.74, 6) is -0.541. The standard InChI is InChI=1S/C20H20N2O3S/c1-13-8-9-16(10-14(13)2)22-19(24)11-17(20(22)25)26-12-18(23)21-15-6-4-3-5-7-15/h3-10,17H,11-12H2,1-2H3,(H,21,23)/t17-/m0/s1. The van der Waals surface area contributed by atoms with Gasteiger partial charge in [0.15, 0.2) is 0 Å². The number of nitrogens with zero attached hydrogens (tertiary/aromatic N) is 1. The highest BCUT2D eigenvalue weighted by Gasteiger charge is 2.40. The Morgan fingerprint density at radius 2 is 1.85 bits per heavy atom. The third-order valence-electron chi connectivity index (χ3n) is 4.33. The van der Waals surface area contributed by atoms with E-state index in [1.54, 1.807) is 18.2 Å². The molecule has 0 aromatic heterocycles. The lowest BCUT2D eigenvalue weighted by Gasteiger charge is -2.16. The second-order valence-corrected chi connectivity index (χ2v) is 7.44. The summed E-state index contributed by atoms with van der Waals surface area (Å²) in [6.45, 7) is 3.93. The van der Waals surface area contributed by atoms with Crippen molar-refractivity contribution in [2.75, 3.05) is 16.0 Å². The van der Waals surface area contributed by atoms with E-state index >= 15 is 0 Å². The van der Waals surface area contributed by atoms with Crippen molar-refractivity contribution in [3.05, 3.63) is 59.7 Å². The zero-order valence-electron chi connectivity index (χ0n) is 14.7. The number of imide groups is 1. The average molecular weight is 368 g/mol. The molecule has 0 unspecified atom stereocenters. The molecule has 1 heterocycles. The van der Waals surface area contributed by atoms with E-state index in [9.17, 15) is 14.4 Å². The van der Waals surface area contributed by atoms with Crippen LogP contribution in [0.25, 0.3) is 0 Å². The van der Waals surface area contributed by atoms with Crippen molar-refractivity contribution < 1.29 is 14.4 Å². The molecule has 6 heteroatoms. The maximum absolute atomic E-state index is 12.6. The number of carbonyl (C=O) groups is 3. The van der Waals surface area contributed by atoms with Gasteiger partial charge in [0.2, 0.25) is 17.7 Å². The van der Waals surface area contributed by atoms with Crippen LogP contribution in [0.1, 0.15) is 17.5 Å². The minimum Gasteiger partial charge on any atom is -0.325 e. The molecule has 134 valence electrons. The topological polar surface area (TPSA) is 66.5 Å². The first-order chi connectivity index (χ1) is 12.5. The number of rotatable bonds is 5. The van der Waals surface area contributed by atoms with Crippen LogP contribution in [-0.2, 0) is 14.4 Å². The number of hydrogen-bond donors (Lipinski definition) is 1. The van der Waals surface area contributed by atoms with E-state index < -0.39 is 5.25 Å². The van der Waals surface area contributed by atoms with E-state index in [2.05, 4.69) is 5.32 Å². The third-order valence-corrected chi connectivity index (χ3v) is 5.53. The Hall–Kier alpha value is -2.60. The number of thioether (sulfide) groups is 1. The van der Waals surface area contributed by atoms with Crippen LogP contribution in [-0.4, -0.2) is 28.7 Å². The number of carbonyl (C=O) groups excluding carboxylic acids is 3. The summed E-state index contributed by atoms with van der Waals surface area (Å²) in [4.78, 5) is 38.2. The average Bonchev–Trinajstić information content (AvgIpc) is 2.90. The smallest absolute Gasteiger partial charge is 0.247 e. The Morgan fingerprint density at radius 3 is 2.54 bits per heavy atom. The lowest BCUT2D eigenvalue weighted by molar-refractivity contribution is -0.121. The van der Waals surface area contributed by atoms with Crippen LogP contribution in [0.15, 0.2) is 48.5 Å². The minimum absolute atomic E-state index is 0.120.